The lowest BCUT2D eigenvalue weighted by Gasteiger charge is -2.08. The fourth-order valence-corrected chi connectivity index (χ4v) is 1.81. The zero-order valence-electron chi connectivity index (χ0n) is 10.9. The number of halogens is 2. The highest BCUT2D eigenvalue weighted by atomic mass is 35.5. The summed E-state index contributed by atoms with van der Waals surface area (Å²) >= 11 is 5.93. The Kier molecular flexibility index (Phi) is 4.36. The van der Waals surface area contributed by atoms with Crippen LogP contribution in [-0.2, 0) is 0 Å². The van der Waals surface area contributed by atoms with Crippen molar-refractivity contribution in [2.75, 3.05) is 17.7 Å². The van der Waals surface area contributed by atoms with Crippen molar-refractivity contribution in [3.8, 4) is 6.07 Å². The molecule has 106 valence electrons. The van der Waals surface area contributed by atoms with E-state index >= 15 is 0 Å². The normalized spacial score (nSPS) is 9.81. The largest absolute Gasteiger partial charge is 0.373 e. The van der Waals surface area contributed by atoms with E-state index in [1.807, 2.05) is 0 Å². The molecule has 0 saturated carbocycles. The lowest BCUT2D eigenvalue weighted by molar-refractivity contribution is 0.102. The third kappa shape index (κ3) is 3.27. The zero-order chi connectivity index (χ0) is 15.4. The van der Waals surface area contributed by atoms with Gasteiger partial charge >= 0.3 is 0 Å². The van der Waals surface area contributed by atoms with Crippen LogP contribution < -0.4 is 10.6 Å². The zero-order valence-corrected chi connectivity index (χ0v) is 11.7. The average Bonchev–Trinajstić information content (AvgIpc) is 2.49. The number of rotatable bonds is 3. The number of anilines is 2. The Morgan fingerprint density at radius 3 is 2.81 bits per heavy atom. The molecule has 2 N–H and O–H groups in total. The van der Waals surface area contributed by atoms with Gasteiger partial charge in [0.15, 0.2) is 0 Å². The highest BCUT2D eigenvalue weighted by molar-refractivity contribution is 6.34. The van der Waals surface area contributed by atoms with Crippen molar-refractivity contribution >= 4 is 29.0 Å². The molecule has 1 amide bonds. The molecule has 0 aliphatic heterocycles. The molecule has 0 radical (unpaired) electrons. The van der Waals surface area contributed by atoms with Crippen LogP contribution in [0.1, 0.15) is 16.1 Å². The van der Waals surface area contributed by atoms with E-state index in [0.717, 1.165) is 6.07 Å². The summed E-state index contributed by atoms with van der Waals surface area (Å²) in [6, 6.07) is 8.57. The number of nitriles is 1. The molecule has 0 unspecified atom stereocenters. The van der Waals surface area contributed by atoms with E-state index in [4.69, 9.17) is 16.9 Å². The van der Waals surface area contributed by atoms with Crippen LogP contribution in [0.5, 0.6) is 0 Å². The van der Waals surface area contributed by atoms with Crippen LogP contribution in [0.2, 0.25) is 5.02 Å². The number of amides is 1. The first-order chi connectivity index (χ1) is 10.0. The van der Waals surface area contributed by atoms with Gasteiger partial charge in [-0.25, -0.2) is 9.37 Å². The van der Waals surface area contributed by atoms with Gasteiger partial charge in [0, 0.05) is 12.7 Å². The van der Waals surface area contributed by atoms with Crippen LogP contribution in [0.25, 0.3) is 0 Å². The fourth-order valence-electron chi connectivity index (χ4n) is 1.62. The second kappa shape index (κ2) is 6.20. The third-order valence-electron chi connectivity index (χ3n) is 2.66. The number of nitrogens with zero attached hydrogens (tertiary/aromatic N) is 2. The molecule has 21 heavy (non-hydrogen) atoms. The van der Waals surface area contributed by atoms with Gasteiger partial charge in [0.25, 0.3) is 5.91 Å². The van der Waals surface area contributed by atoms with Gasteiger partial charge in [0.1, 0.15) is 23.4 Å². The number of benzene rings is 1. The maximum Gasteiger partial charge on any atom is 0.275 e. The topological polar surface area (TPSA) is 77.8 Å². The second-order valence-electron chi connectivity index (χ2n) is 4.04. The molecule has 0 fully saturated rings. The van der Waals surface area contributed by atoms with Gasteiger partial charge in [-0.1, -0.05) is 11.6 Å². The van der Waals surface area contributed by atoms with Crippen LogP contribution in [0.3, 0.4) is 0 Å². The molecule has 0 saturated heterocycles. The lowest BCUT2D eigenvalue weighted by Crippen LogP contribution is -2.15. The predicted octanol–water partition coefficient (Wildman–Crippen LogP) is 3.04. The van der Waals surface area contributed by atoms with E-state index in [0.29, 0.717) is 5.82 Å². The molecular weight excluding hydrogens is 295 g/mol. The molecule has 2 rings (SSSR count). The molecule has 2 aromatic rings. The van der Waals surface area contributed by atoms with Gasteiger partial charge in [-0.2, -0.15) is 5.26 Å². The van der Waals surface area contributed by atoms with Crippen molar-refractivity contribution in [2.24, 2.45) is 0 Å². The highest BCUT2D eigenvalue weighted by Crippen LogP contribution is 2.19. The fraction of sp³-hybridized carbons (Fsp3) is 0.0714. The number of pyridine rings is 1. The molecule has 0 aliphatic rings. The molecule has 1 aromatic carbocycles. The first-order valence-electron chi connectivity index (χ1n) is 5.90. The van der Waals surface area contributed by atoms with Gasteiger partial charge in [-0.05, 0) is 30.3 Å². The predicted molar refractivity (Wildman–Crippen MR) is 77.9 cm³/mol. The maximum atomic E-state index is 13.2. The lowest BCUT2D eigenvalue weighted by atomic mass is 10.2. The number of hydrogen-bond acceptors (Lipinski definition) is 4. The molecule has 0 atom stereocenters. The standard InChI is InChI=1S/C14H10ClFN4O/c1-18-12-5-3-10(15)13(20-12)14(21)19-9-2-4-11(16)8(6-9)7-17/h2-6H,1H3,(H,18,20)(H,19,21). The van der Waals surface area contributed by atoms with E-state index in [2.05, 4.69) is 15.6 Å². The number of carbonyl (C=O) groups is 1. The molecule has 0 bridgehead atoms. The Morgan fingerprint density at radius 1 is 1.38 bits per heavy atom. The van der Waals surface area contributed by atoms with Gasteiger partial charge < -0.3 is 10.6 Å². The summed E-state index contributed by atoms with van der Waals surface area (Å²) in [6.07, 6.45) is 0. The Hall–Kier alpha value is -2.65. The van der Waals surface area contributed by atoms with Crippen LogP contribution >= 0.6 is 11.6 Å². The van der Waals surface area contributed by atoms with Crippen molar-refractivity contribution in [3.63, 3.8) is 0 Å². The van der Waals surface area contributed by atoms with Crippen molar-refractivity contribution < 1.29 is 9.18 Å². The molecule has 7 heteroatoms. The summed E-state index contributed by atoms with van der Waals surface area (Å²) in [4.78, 5) is 16.2. The summed E-state index contributed by atoms with van der Waals surface area (Å²) in [5, 5.41) is 14.3. The monoisotopic (exact) mass is 304 g/mol. The smallest absolute Gasteiger partial charge is 0.275 e. The quantitative estimate of drug-likeness (QED) is 0.913. The van der Waals surface area contributed by atoms with Crippen molar-refractivity contribution in [1.82, 2.24) is 4.98 Å². The minimum absolute atomic E-state index is 0.0337. The molecule has 0 aliphatic carbocycles. The molecule has 1 heterocycles. The van der Waals surface area contributed by atoms with Crippen molar-refractivity contribution in [2.45, 2.75) is 0 Å². The minimum atomic E-state index is -0.649. The van der Waals surface area contributed by atoms with E-state index in [1.54, 1.807) is 25.2 Å². The molecule has 0 spiro atoms. The third-order valence-corrected chi connectivity index (χ3v) is 2.97. The van der Waals surface area contributed by atoms with Gasteiger partial charge in [0.2, 0.25) is 0 Å². The van der Waals surface area contributed by atoms with Gasteiger partial charge in [-0.15, -0.1) is 0 Å². The Morgan fingerprint density at radius 2 is 2.14 bits per heavy atom. The molecule has 1 aromatic heterocycles. The molecular formula is C14H10ClFN4O. The van der Waals surface area contributed by atoms with Gasteiger partial charge in [-0.3, -0.25) is 4.79 Å². The van der Waals surface area contributed by atoms with E-state index in [1.165, 1.54) is 12.1 Å². The summed E-state index contributed by atoms with van der Waals surface area (Å²) < 4.78 is 13.2. The summed E-state index contributed by atoms with van der Waals surface area (Å²) in [5.74, 6) is -0.710. The summed E-state index contributed by atoms with van der Waals surface area (Å²) in [6.45, 7) is 0. The van der Waals surface area contributed by atoms with Crippen molar-refractivity contribution in [1.29, 1.82) is 5.26 Å². The van der Waals surface area contributed by atoms with Crippen LogP contribution in [0.4, 0.5) is 15.9 Å². The van der Waals surface area contributed by atoms with E-state index in [-0.39, 0.29) is 22.0 Å². The first-order valence-corrected chi connectivity index (χ1v) is 6.28. The van der Waals surface area contributed by atoms with Crippen molar-refractivity contribution in [3.05, 3.63) is 52.4 Å². The van der Waals surface area contributed by atoms with Crippen LogP contribution in [-0.4, -0.2) is 17.9 Å². The van der Waals surface area contributed by atoms with E-state index < -0.39 is 11.7 Å². The second-order valence-corrected chi connectivity index (χ2v) is 4.44. The SMILES string of the molecule is CNc1ccc(Cl)c(C(=O)Nc2ccc(F)c(C#N)c2)n1. The highest BCUT2D eigenvalue weighted by Gasteiger charge is 2.14. The summed E-state index contributed by atoms with van der Waals surface area (Å²) in [5.41, 5.74) is 0.160. The number of carbonyl (C=O) groups excluding carboxylic acids is 1. The number of hydrogen-bond donors (Lipinski definition) is 2. The van der Waals surface area contributed by atoms with Gasteiger partial charge in [0.05, 0.1) is 10.6 Å². The molecule has 5 nitrogen and oxygen atoms in total. The van der Waals surface area contributed by atoms with E-state index in [9.17, 15) is 9.18 Å². The Labute approximate surface area is 125 Å². The summed E-state index contributed by atoms with van der Waals surface area (Å²) in [7, 11) is 1.66. The average molecular weight is 305 g/mol. The maximum absolute atomic E-state index is 13.2. The van der Waals surface area contributed by atoms with Crippen LogP contribution in [0.15, 0.2) is 30.3 Å². The minimum Gasteiger partial charge on any atom is -0.373 e. The van der Waals surface area contributed by atoms with Crippen LogP contribution in [0, 0.1) is 17.1 Å². The first kappa shape index (κ1) is 14.8. The Bertz CT molecular complexity index is 742. The number of aromatic nitrogens is 1. The number of nitrogens with one attached hydrogen (secondary N) is 2. The Balaban J connectivity index is 2.28.